The third-order valence-corrected chi connectivity index (χ3v) is 3.24. The first-order chi connectivity index (χ1) is 9.81. The predicted molar refractivity (Wildman–Crippen MR) is 77.2 cm³/mol. The van der Waals surface area contributed by atoms with Crippen LogP contribution in [0.5, 0.6) is 0 Å². The largest absolute Gasteiger partial charge is 0.354 e. The van der Waals surface area contributed by atoms with Crippen molar-refractivity contribution in [3.63, 3.8) is 0 Å². The van der Waals surface area contributed by atoms with Gasteiger partial charge in [-0.25, -0.2) is 4.68 Å². The third kappa shape index (κ3) is 2.56. The van der Waals surface area contributed by atoms with Crippen LogP contribution in [-0.4, -0.2) is 43.9 Å². The lowest BCUT2D eigenvalue weighted by Gasteiger charge is -2.21. The standard InChI is InChI=1S/C13H19N7/c1-3-14-11-16-12(19(4-2)10-6-7-10)18-13(17-11)20-9-5-8-15-20/h5,8-10H,3-4,6-7H2,1-2H3,(H,14,16,17,18). The van der Waals surface area contributed by atoms with Gasteiger partial charge in [-0.1, -0.05) is 0 Å². The SMILES string of the molecule is CCNc1nc(N(CC)C2CC2)nc(-n2cccn2)n1. The molecule has 0 saturated heterocycles. The highest BCUT2D eigenvalue weighted by Gasteiger charge is 2.30. The van der Waals surface area contributed by atoms with Gasteiger partial charge in [-0.3, -0.25) is 0 Å². The first-order valence-electron chi connectivity index (χ1n) is 7.08. The molecule has 7 nitrogen and oxygen atoms in total. The molecule has 3 rings (SSSR count). The number of hydrogen-bond acceptors (Lipinski definition) is 6. The molecule has 0 amide bonds. The lowest BCUT2D eigenvalue weighted by atomic mass is 10.5. The zero-order chi connectivity index (χ0) is 13.9. The van der Waals surface area contributed by atoms with Crippen LogP contribution in [0.25, 0.3) is 5.95 Å². The fraction of sp³-hybridized carbons (Fsp3) is 0.538. The minimum Gasteiger partial charge on any atom is -0.354 e. The molecule has 1 N–H and O–H groups in total. The van der Waals surface area contributed by atoms with Gasteiger partial charge >= 0.3 is 0 Å². The molecular weight excluding hydrogens is 254 g/mol. The summed E-state index contributed by atoms with van der Waals surface area (Å²) in [7, 11) is 0. The molecule has 2 aromatic rings. The van der Waals surface area contributed by atoms with Gasteiger partial charge in [0, 0.05) is 31.5 Å². The zero-order valence-electron chi connectivity index (χ0n) is 11.8. The number of aromatic nitrogens is 5. The van der Waals surface area contributed by atoms with E-state index in [9.17, 15) is 0 Å². The molecule has 1 aliphatic rings. The second-order valence-corrected chi connectivity index (χ2v) is 4.76. The Hall–Kier alpha value is -2.18. The molecule has 0 spiro atoms. The third-order valence-electron chi connectivity index (χ3n) is 3.24. The van der Waals surface area contributed by atoms with Crippen LogP contribution >= 0.6 is 0 Å². The highest BCUT2D eigenvalue weighted by molar-refractivity contribution is 5.41. The van der Waals surface area contributed by atoms with Crippen molar-refractivity contribution >= 4 is 11.9 Å². The van der Waals surface area contributed by atoms with Gasteiger partial charge in [0.05, 0.1) is 0 Å². The van der Waals surface area contributed by atoms with Gasteiger partial charge in [0.2, 0.25) is 11.9 Å². The van der Waals surface area contributed by atoms with Crippen molar-refractivity contribution in [1.29, 1.82) is 0 Å². The van der Waals surface area contributed by atoms with E-state index in [1.165, 1.54) is 12.8 Å². The maximum absolute atomic E-state index is 4.55. The van der Waals surface area contributed by atoms with Gasteiger partial charge in [-0.2, -0.15) is 20.1 Å². The van der Waals surface area contributed by atoms with Crippen LogP contribution in [0, 0.1) is 0 Å². The molecule has 0 bridgehead atoms. The van der Waals surface area contributed by atoms with Gasteiger partial charge < -0.3 is 10.2 Å². The minimum absolute atomic E-state index is 0.551. The van der Waals surface area contributed by atoms with E-state index in [1.54, 1.807) is 10.9 Å². The second kappa shape index (κ2) is 5.44. The molecule has 2 aromatic heterocycles. The van der Waals surface area contributed by atoms with Gasteiger partial charge in [0.25, 0.3) is 5.95 Å². The Morgan fingerprint density at radius 3 is 2.75 bits per heavy atom. The van der Waals surface area contributed by atoms with Crippen molar-refractivity contribution in [2.45, 2.75) is 32.7 Å². The van der Waals surface area contributed by atoms with Crippen molar-refractivity contribution in [3.05, 3.63) is 18.5 Å². The van der Waals surface area contributed by atoms with E-state index in [2.05, 4.69) is 37.2 Å². The van der Waals surface area contributed by atoms with Crippen LogP contribution in [-0.2, 0) is 0 Å². The van der Waals surface area contributed by atoms with E-state index in [0.717, 1.165) is 19.0 Å². The van der Waals surface area contributed by atoms with Crippen molar-refractivity contribution < 1.29 is 0 Å². The van der Waals surface area contributed by atoms with Gasteiger partial charge in [0.15, 0.2) is 0 Å². The van der Waals surface area contributed by atoms with E-state index >= 15 is 0 Å². The number of nitrogens with zero attached hydrogens (tertiary/aromatic N) is 6. The van der Waals surface area contributed by atoms with Gasteiger partial charge in [-0.15, -0.1) is 0 Å². The molecule has 1 fully saturated rings. The summed E-state index contributed by atoms with van der Waals surface area (Å²) in [6, 6.07) is 2.43. The maximum atomic E-state index is 4.55. The number of nitrogens with one attached hydrogen (secondary N) is 1. The topological polar surface area (TPSA) is 71.8 Å². The number of rotatable bonds is 6. The summed E-state index contributed by atoms with van der Waals surface area (Å²) >= 11 is 0. The normalized spacial score (nSPS) is 14.3. The monoisotopic (exact) mass is 273 g/mol. The Labute approximate surface area is 118 Å². The molecular formula is C13H19N7. The molecule has 2 heterocycles. The molecule has 7 heteroatoms. The van der Waals surface area contributed by atoms with Crippen molar-refractivity contribution in [2.24, 2.45) is 0 Å². The van der Waals surface area contributed by atoms with Crippen LogP contribution < -0.4 is 10.2 Å². The van der Waals surface area contributed by atoms with Crippen LogP contribution in [0.15, 0.2) is 18.5 Å². The summed E-state index contributed by atoms with van der Waals surface area (Å²) in [5.41, 5.74) is 0. The van der Waals surface area contributed by atoms with E-state index in [-0.39, 0.29) is 0 Å². The van der Waals surface area contributed by atoms with E-state index < -0.39 is 0 Å². The van der Waals surface area contributed by atoms with E-state index in [1.807, 2.05) is 19.2 Å². The smallest absolute Gasteiger partial charge is 0.257 e. The van der Waals surface area contributed by atoms with Gasteiger partial charge in [-0.05, 0) is 32.8 Å². The van der Waals surface area contributed by atoms with Crippen molar-refractivity contribution in [1.82, 2.24) is 24.7 Å². The first kappa shape index (κ1) is 12.8. The highest BCUT2D eigenvalue weighted by atomic mass is 15.4. The van der Waals surface area contributed by atoms with Crippen LogP contribution in [0.3, 0.4) is 0 Å². The first-order valence-corrected chi connectivity index (χ1v) is 7.08. The maximum Gasteiger partial charge on any atom is 0.257 e. The Bertz CT molecular complexity index is 562. The summed E-state index contributed by atoms with van der Waals surface area (Å²) in [6.07, 6.45) is 5.98. The van der Waals surface area contributed by atoms with Crippen LogP contribution in [0.1, 0.15) is 26.7 Å². The molecule has 0 aliphatic heterocycles. The zero-order valence-corrected chi connectivity index (χ0v) is 11.8. The summed E-state index contributed by atoms with van der Waals surface area (Å²) in [5.74, 6) is 1.88. The van der Waals surface area contributed by atoms with Crippen LogP contribution in [0.2, 0.25) is 0 Å². The predicted octanol–water partition coefficient (Wildman–Crippen LogP) is 1.48. The minimum atomic E-state index is 0.551. The summed E-state index contributed by atoms with van der Waals surface area (Å²) in [5, 5.41) is 7.35. The molecule has 0 radical (unpaired) electrons. The quantitative estimate of drug-likeness (QED) is 0.859. The Morgan fingerprint density at radius 1 is 1.30 bits per heavy atom. The fourth-order valence-corrected chi connectivity index (χ4v) is 2.16. The van der Waals surface area contributed by atoms with Crippen LogP contribution in [0.4, 0.5) is 11.9 Å². The van der Waals surface area contributed by atoms with E-state index in [4.69, 9.17) is 0 Å². The van der Waals surface area contributed by atoms with Crippen molar-refractivity contribution in [2.75, 3.05) is 23.3 Å². The summed E-state index contributed by atoms with van der Waals surface area (Å²) in [4.78, 5) is 15.7. The average Bonchev–Trinajstić information content (AvgIpc) is 3.13. The Kier molecular flexibility index (Phi) is 3.49. The van der Waals surface area contributed by atoms with Gasteiger partial charge in [0.1, 0.15) is 0 Å². The number of hydrogen-bond donors (Lipinski definition) is 1. The molecule has 1 saturated carbocycles. The molecule has 106 valence electrons. The average molecular weight is 273 g/mol. The molecule has 0 aromatic carbocycles. The lowest BCUT2D eigenvalue weighted by Crippen LogP contribution is -2.28. The second-order valence-electron chi connectivity index (χ2n) is 4.76. The van der Waals surface area contributed by atoms with E-state index in [0.29, 0.717) is 17.9 Å². The molecule has 1 aliphatic carbocycles. The summed E-state index contributed by atoms with van der Waals surface area (Å²) < 4.78 is 1.66. The Morgan fingerprint density at radius 2 is 2.15 bits per heavy atom. The lowest BCUT2D eigenvalue weighted by molar-refractivity contribution is 0.746. The molecule has 20 heavy (non-hydrogen) atoms. The molecule has 0 unspecified atom stereocenters. The van der Waals surface area contributed by atoms with Crippen molar-refractivity contribution in [3.8, 4) is 5.95 Å². The highest BCUT2D eigenvalue weighted by Crippen LogP contribution is 2.29. The Balaban J connectivity index is 1.99. The summed E-state index contributed by atoms with van der Waals surface area (Å²) in [6.45, 7) is 5.83. The molecule has 0 atom stereocenters. The fourth-order valence-electron chi connectivity index (χ4n) is 2.16. The number of anilines is 2.